The van der Waals surface area contributed by atoms with Crippen LogP contribution in [-0.2, 0) is 26.6 Å². The minimum Gasteiger partial charge on any atom is -0.273 e. The van der Waals surface area contributed by atoms with Crippen molar-refractivity contribution in [3.63, 3.8) is 0 Å². The third-order valence-electron chi connectivity index (χ3n) is 4.98. The van der Waals surface area contributed by atoms with Crippen molar-refractivity contribution < 1.29 is 21.6 Å². The first kappa shape index (κ1) is 24.6. The lowest BCUT2D eigenvalue weighted by atomic mass is 10.1. The van der Waals surface area contributed by atoms with E-state index in [9.17, 15) is 21.6 Å². The van der Waals surface area contributed by atoms with E-state index in [2.05, 4.69) is 10.3 Å². The Labute approximate surface area is 194 Å². The molecule has 1 amide bonds. The van der Waals surface area contributed by atoms with Gasteiger partial charge in [0.1, 0.15) is 0 Å². The summed E-state index contributed by atoms with van der Waals surface area (Å²) in [7, 11) is -6.08. The maximum atomic E-state index is 12.7. The van der Waals surface area contributed by atoms with Gasteiger partial charge < -0.3 is 0 Å². The van der Waals surface area contributed by atoms with Crippen molar-refractivity contribution >= 4 is 26.0 Å². The van der Waals surface area contributed by atoms with Crippen LogP contribution in [0.3, 0.4) is 0 Å². The van der Waals surface area contributed by atoms with Gasteiger partial charge in [-0.25, -0.2) is 16.8 Å². The van der Waals surface area contributed by atoms with Crippen molar-refractivity contribution in [1.82, 2.24) is 14.6 Å². The molecule has 0 unspecified atom stereocenters. The number of carbonyl (C=O) groups is 1. The molecule has 0 atom stereocenters. The lowest BCUT2D eigenvalue weighted by Crippen LogP contribution is -2.41. The van der Waals surface area contributed by atoms with Crippen LogP contribution in [0.2, 0.25) is 0 Å². The highest BCUT2D eigenvalue weighted by Crippen LogP contribution is 2.18. The fraction of sp³-hybridized carbons (Fsp3) is 0.174. The summed E-state index contributed by atoms with van der Waals surface area (Å²) in [6.45, 7) is 3.83. The molecule has 0 fully saturated rings. The van der Waals surface area contributed by atoms with Gasteiger partial charge in [-0.3, -0.25) is 10.2 Å². The molecule has 0 saturated carbocycles. The third kappa shape index (κ3) is 6.05. The maximum absolute atomic E-state index is 12.7. The van der Waals surface area contributed by atoms with Crippen LogP contribution in [0, 0.1) is 13.8 Å². The molecule has 2 N–H and O–H groups in total. The number of rotatable bonds is 8. The summed E-state index contributed by atoms with van der Waals surface area (Å²) in [4.78, 5) is 14.6. The summed E-state index contributed by atoms with van der Waals surface area (Å²) < 4.78 is 51.3. The Morgan fingerprint density at radius 1 is 0.758 bits per heavy atom. The van der Waals surface area contributed by atoms with Crippen LogP contribution in [0.5, 0.6) is 0 Å². The molecule has 0 radical (unpaired) electrons. The molecular formula is C23H25N3O5S2. The Morgan fingerprint density at radius 2 is 1.24 bits per heavy atom. The van der Waals surface area contributed by atoms with E-state index < -0.39 is 26.0 Å². The number of hydrogen-bond acceptors (Lipinski definition) is 5. The van der Waals surface area contributed by atoms with Crippen LogP contribution >= 0.6 is 0 Å². The van der Waals surface area contributed by atoms with Gasteiger partial charge in [0.2, 0.25) is 10.0 Å². The Kier molecular flexibility index (Phi) is 7.33. The van der Waals surface area contributed by atoms with Gasteiger partial charge in [0.15, 0.2) is 0 Å². The quantitative estimate of drug-likeness (QED) is 0.475. The second kappa shape index (κ2) is 9.84. The van der Waals surface area contributed by atoms with E-state index >= 15 is 0 Å². The summed E-state index contributed by atoms with van der Waals surface area (Å²) in [6, 6.07) is 19.0. The standard InChI is InChI=1S/C23H25N3O5S2/c1-17-4-12-21(13-5-17)32(28,29)25-24-23(27)20-10-8-19(9-11-20)16-26(3)33(30,31)22-14-6-18(2)7-15-22/h4-15,25H,16H2,1-3H3,(H,24,27). The summed E-state index contributed by atoms with van der Waals surface area (Å²) in [6.07, 6.45) is 0. The molecule has 3 aromatic rings. The smallest absolute Gasteiger partial charge is 0.266 e. The number of benzene rings is 3. The average Bonchev–Trinajstić information content (AvgIpc) is 2.78. The van der Waals surface area contributed by atoms with Crippen molar-refractivity contribution in [2.24, 2.45) is 0 Å². The Hall–Kier alpha value is -3.05. The van der Waals surface area contributed by atoms with Crippen molar-refractivity contribution in [3.8, 4) is 0 Å². The van der Waals surface area contributed by atoms with Crippen molar-refractivity contribution in [3.05, 3.63) is 95.1 Å². The molecule has 174 valence electrons. The third-order valence-corrected chi connectivity index (χ3v) is 8.06. The fourth-order valence-corrected chi connectivity index (χ4v) is 4.95. The lowest BCUT2D eigenvalue weighted by Gasteiger charge is -2.17. The van der Waals surface area contributed by atoms with E-state index in [0.717, 1.165) is 11.1 Å². The van der Waals surface area contributed by atoms with Gasteiger partial charge in [-0.2, -0.15) is 4.31 Å². The van der Waals surface area contributed by atoms with Crippen LogP contribution in [-0.4, -0.2) is 34.1 Å². The monoisotopic (exact) mass is 487 g/mol. The van der Waals surface area contributed by atoms with Crippen LogP contribution in [0.4, 0.5) is 0 Å². The molecule has 0 bridgehead atoms. The van der Waals surface area contributed by atoms with Crippen molar-refractivity contribution in [2.45, 2.75) is 30.2 Å². The summed E-state index contributed by atoms with van der Waals surface area (Å²) in [5.41, 5.74) is 4.94. The van der Waals surface area contributed by atoms with Gasteiger partial charge in [-0.05, 0) is 55.8 Å². The zero-order valence-corrected chi connectivity index (χ0v) is 20.1. The number of nitrogens with one attached hydrogen (secondary N) is 2. The Balaban J connectivity index is 1.63. The van der Waals surface area contributed by atoms with E-state index in [1.165, 1.54) is 35.6 Å². The molecule has 0 saturated heterocycles. The van der Waals surface area contributed by atoms with Gasteiger partial charge in [0, 0.05) is 19.2 Å². The van der Waals surface area contributed by atoms with Crippen molar-refractivity contribution in [1.29, 1.82) is 0 Å². The van der Waals surface area contributed by atoms with E-state index in [1.54, 1.807) is 48.5 Å². The number of carbonyl (C=O) groups excluding carboxylic acids is 1. The second-order valence-corrected chi connectivity index (χ2v) is 11.4. The number of hydrazine groups is 1. The van der Waals surface area contributed by atoms with E-state index in [-0.39, 0.29) is 21.9 Å². The zero-order chi connectivity index (χ0) is 24.2. The number of sulfonamides is 2. The fourth-order valence-electron chi connectivity index (χ4n) is 2.96. The second-order valence-electron chi connectivity index (χ2n) is 7.64. The highest BCUT2D eigenvalue weighted by Gasteiger charge is 2.21. The highest BCUT2D eigenvalue weighted by molar-refractivity contribution is 7.89. The molecule has 3 rings (SSSR count). The maximum Gasteiger partial charge on any atom is 0.266 e. The Morgan fingerprint density at radius 3 is 1.76 bits per heavy atom. The molecule has 8 nitrogen and oxygen atoms in total. The predicted molar refractivity (Wildman–Crippen MR) is 125 cm³/mol. The average molecular weight is 488 g/mol. The Bertz CT molecular complexity index is 1330. The van der Waals surface area contributed by atoms with Gasteiger partial charge in [0.25, 0.3) is 15.9 Å². The molecule has 0 aromatic heterocycles. The summed E-state index contributed by atoms with van der Waals surface area (Å²) in [5, 5.41) is 0. The molecule has 0 heterocycles. The van der Waals surface area contributed by atoms with Gasteiger partial charge in [-0.15, -0.1) is 4.83 Å². The minimum absolute atomic E-state index is 0.0292. The molecular weight excluding hydrogens is 462 g/mol. The minimum atomic E-state index is -3.90. The molecule has 0 aliphatic rings. The van der Waals surface area contributed by atoms with Crippen LogP contribution in [0.25, 0.3) is 0 Å². The highest BCUT2D eigenvalue weighted by atomic mass is 32.2. The lowest BCUT2D eigenvalue weighted by molar-refractivity contribution is 0.0945. The normalized spacial score (nSPS) is 12.0. The largest absolute Gasteiger partial charge is 0.273 e. The van der Waals surface area contributed by atoms with Crippen LogP contribution < -0.4 is 10.3 Å². The number of nitrogens with zero attached hydrogens (tertiary/aromatic N) is 1. The summed E-state index contributed by atoms with van der Waals surface area (Å²) >= 11 is 0. The molecule has 3 aromatic carbocycles. The van der Waals surface area contributed by atoms with Gasteiger partial charge >= 0.3 is 0 Å². The molecule has 10 heteroatoms. The van der Waals surface area contributed by atoms with Gasteiger partial charge in [0.05, 0.1) is 9.79 Å². The van der Waals surface area contributed by atoms with E-state index in [0.29, 0.717) is 5.56 Å². The first-order valence-corrected chi connectivity index (χ1v) is 12.9. The first-order chi connectivity index (χ1) is 15.5. The van der Waals surface area contributed by atoms with Gasteiger partial charge in [-0.1, -0.05) is 47.5 Å². The number of hydrogen-bond donors (Lipinski definition) is 2. The molecule has 0 spiro atoms. The van der Waals surface area contributed by atoms with E-state index in [1.807, 2.05) is 13.8 Å². The van der Waals surface area contributed by atoms with Crippen LogP contribution in [0.1, 0.15) is 27.0 Å². The number of amides is 1. The predicted octanol–water partition coefficient (Wildman–Crippen LogP) is 2.75. The topological polar surface area (TPSA) is 113 Å². The van der Waals surface area contributed by atoms with Crippen molar-refractivity contribution in [2.75, 3.05) is 7.05 Å². The first-order valence-electron chi connectivity index (χ1n) is 10.00. The number of aryl methyl sites for hydroxylation is 2. The SMILES string of the molecule is Cc1ccc(S(=O)(=O)NNC(=O)c2ccc(CN(C)S(=O)(=O)c3ccc(C)cc3)cc2)cc1. The molecule has 0 aliphatic carbocycles. The molecule has 0 aliphatic heterocycles. The van der Waals surface area contributed by atoms with E-state index in [4.69, 9.17) is 0 Å². The molecule has 33 heavy (non-hydrogen) atoms. The summed E-state index contributed by atoms with van der Waals surface area (Å²) in [5.74, 6) is -0.641. The van der Waals surface area contributed by atoms with Crippen LogP contribution in [0.15, 0.2) is 82.6 Å². The zero-order valence-electron chi connectivity index (χ0n) is 18.4.